The molecule has 0 amide bonds. The van der Waals surface area contributed by atoms with Crippen LogP contribution < -0.4 is 0 Å². The molecule has 0 saturated heterocycles. The van der Waals surface area contributed by atoms with E-state index in [1.54, 1.807) is 0 Å². The molecule has 0 saturated carbocycles. The average Bonchev–Trinajstić information content (AvgIpc) is 3.97. The van der Waals surface area contributed by atoms with Crippen LogP contribution in [0.15, 0.2) is 224 Å². The van der Waals surface area contributed by atoms with E-state index in [-0.39, 0.29) is 23.4 Å². The van der Waals surface area contributed by atoms with Crippen molar-refractivity contribution in [1.82, 2.24) is 4.40 Å². The molecule has 13 aromatic rings. The molecule has 342 valence electrons. The van der Waals surface area contributed by atoms with Gasteiger partial charge in [0.25, 0.3) is 0 Å². The molecule has 0 unspecified atom stereocenters. The maximum Gasteiger partial charge on any atom is 0.175 e. The van der Waals surface area contributed by atoms with Crippen LogP contribution >= 0.6 is 0 Å². The smallest absolute Gasteiger partial charge is 0.175 e. The third-order valence-corrected chi connectivity index (χ3v) is 18.4. The zero-order valence-electron chi connectivity index (χ0n) is 39.9. The van der Waals surface area contributed by atoms with Gasteiger partial charge >= 0.3 is 0 Å². The molecule has 74 heavy (non-hydrogen) atoms. The van der Waals surface area contributed by atoms with E-state index in [1.165, 1.54) is 71.8 Å². The molecular weight excluding hydrogens is 899 g/mol. The summed E-state index contributed by atoms with van der Waals surface area (Å²) in [6, 6.07) is 82.3. The van der Waals surface area contributed by atoms with Crippen LogP contribution in [0, 0.1) is 0 Å². The minimum Gasteiger partial charge on any atom is -0.308 e. The zero-order chi connectivity index (χ0) is 48.3. The van der Waals surface area contributed by atoms with Gasteiger partial charge in [0.1, 0.15) is 0 Å². The van der Waals surface area contributed by atoms with Crippen molar-refractivity contribution in [3.63, 3.8) is 0 Å². The predicted octanol–water partition coefficient (Wildman–Crippen LogP) is 16.0. The number of nitrogens with zero attached hydrogens (tertiary/aromatic N) is 1. The van der Waals surface area contributed by atoms with E-state index in [4.69, 9.17) is 0 Å². The number of carbonyl (C=O) groups is 2. The van der Waals surface area contributed by atoms with Crippen molar-refractivity contribution in [3.8, 4) is 11.1 Å². The molecule has 11 aromatic carbocycles. The van der Waals surface area contributed by atoms with Gasteiger partial charge < -0.3 is 4.40 Å². The monoisotopic (exact) mass is 939 g/mol. The van der Waals surface area contributed by atoms with E-state index in [0.717, 1.165) is 77.2 Å². The van der Waals surface area contributed by atoms with E-state index < -0.39 is 17.3 Å². The fourth-order valence-corrected chi connectivity index (χ4v) is 15.8. The minimum atomic E-state index is -0.766. The molecule has 0 radical (unpaired) electrons. The molecule has 0 fully saturated rings. The number of hydrogen-bond acceptors (Lipinski definition) is 2. The van der Waals surface area contributed by atoms with Gasteiger partial charge in [-0.2, -0.15) is 0 Å². The number of hydrogen-bond donors (Lipinski definition) is 0. The lowest BCUT2D eigenvalue weighted by atomic mass is 9.58. The molecule has 4 bridgehead atoms. The summed E-state index contributed by atoms with van der Waals surface area (Å²) < 4.78 is 2.46. The van der Waals surface area contributed by atoms with Crippen LogP contribution in [-0.2, 0) is 5.41 Å². The van der Waals surface area contributed by atoms with Gasteiger partial charge in [-0.05, 0) is 130 Å². The standard InChI is InChI=1S/C71H41NO2/c73-69-55-36-59-50(33-51(55)62-41-23-7-11-27-45(41)64(69)46-28-12-8-24-42(46)62)54-35-53-49-31-15-17-38-18-16-32-58(61(38)49)71(39-19-3-1-4-20-39,40-21-5-2-6-22-40)67(53)66-57-34-52-56(37-60(57)72(59)68(54)66)70(74)65-47-29-13-9-25-43(47)63(52)44-26-10-14-30-48(44)65/h1-37,62-65H. The van der Waals surface area contributed by atoms with Crippen LogP contribution in [-0.4, -0.2) is 16.0 Å². The number of aromatic nitrogens is 1. The van der Waals surface area contributed by atoms with Crippen LogP contribution in [0.25, 0.3) is 60.0 Å². The van der Waals surface area contributed by atoms with Crippen LogP contribution in [0.1, 0.15) is 122 Å². The molecule has 7 aliphatic rings. The van der Waals surface area contributed by atoms with E-state index in [9.17, 15) is 0 Å². The summed E-state index contributed by atoms with van der Waals surface area (Å²) in [5, 5.41) is 7.00. The Bertz CT molecular complexity index is 4590. The van der Waals surface area contributed by atoms with Crippen molar-refractivity contribution in [1.29, 1.82) is 0 Å². The number of ketones is 2. The zero-order valence-corrected chi connectivity index (χ0v) is 39.9. The summed E-state index contributed by atoms with van der Waals surface area (Å²) >= 11 is 0. The highest BCUT2D eigenvalue weighted by molar-refractivity contribution is 6.29. The Morgan fingerprint density at radius 2 is 0.757 bits per heavy atom. The summed E-state index contributed by atoms with van der Waals surface area (Å²) in [4.78, 5) is 31.5. The Hall–Kier alpha value is -9.18. The van der Waals surface area contributed by atoms with Gasteiger partial charge in [-0.1, -0.05) is 194 Å². The second-order valence-electron chi connectivity index (χ2n) is 21.5. The number of benzene rings is 11. The van der Waals surface area contributed by atoms with Crippen molar-refractivity contribution in [2.75, 3.05) is 0 Å². The summed E-state index contributed by atoms with van der Waals surface area (Å²) in [5.41, 5.74) is 22.5. The minimum absolute atomic E-state index is 0.105. The first-order valence-corrected chi connectivity index (χ1v) is 26.0. The number of rotatable bonds is 2. The van der Waals surface area contributed by atoms with Crippen molar-refractivity contribution < 1.29 is 9.59 Å². The first-order chi connectivity index (χ1) is 36.6. The highest BCUT2D eigenvalue weighted by atomic mass is 16.1. The largest absolute Gasteiger partial charge is 0.308 e. The van der Waals surface area contributed by atoms with Crippen molar-refractivity contribution in [2.24, 2.45) is 0 Å². The summed E-state index contributed by atoms with van der Waals surface area (Å²) in [6.45, 7) is 0. The third kappa shape index (κ3) is 4.51. The van der Waals surface area contributed by atoms with E-state index >= 15 is 9.59 Å². The van der Waals surface area contributed by atoms with E-state index in [0.29, 0.717) is 0 Å². The van der Waals surface area contributed by atoms with Crippen LogP contribution in [0.5, 0.6) is 0 Å². The Labute approximate surface area is 426 Å². The maximum absolute atomic E-state index is 15.8. The molecule has 20 rings (SSSR count). The van der Waals surface area contributed by atoms with Gasteiger partial charge in [-0.25, -0.2) is 0 Å². The van der Waals surface area contributed by atoms with Crippen LogP contribution in [0.4, 0.5) is 0 Å². The van der Waals surface area contributed by atoms with Crippen LogP contribution in [0.2, 0.25) is 0 Å². The van der Waals surface area contributed by atoms with Gasteiger partial charge in [0, 0.05) is 44.5 Å². The topological polar surface area (TPSA) is 38.5 Å². The lowest BCUT2D eigenvalue weighted by Gasteiger charge is -2.42. The molecule has 3 heteroatoms. The summed E-state index contributed by atoms with van der Waals surface area (Å²) in [6.07, 6.45) is 0. The third-order valence-electron chi connectivity index (χ3n) is 18.4. The second-order valence-corrected chi connectivity index (χ2v) is 21.5. The SMILES string of the molecule is O=C1c2cc3c(cc2C2c4ccccc4C1c1ccccc12)c1cc2c(c4c5cc6c(cc5n3c14)C(=O)C1c3ccccc3C6c3ccccc31)C(c1ccccc1)(c1ccccc1)c1cccc3cccc-2c13. The Morgan fingerprint density at radius 1 is 0.324 bits per heavy atom. The Morgan fingerprint density at radius 3 is 1.26 bits per heavy atom. The molecular formula is C71H41NO2. The van der Waals surface area contributed by atoms with Gasteiger partial charge in [0.05, 0.1) is 33.8 Å². The van der Waals surface area contributed by atoms with Crippen molar-refractivity contribution in [3.05, 3.63) is 313 Å². The quantitative estimate of drug-likeness (QED) is 0.173. The average molecular weight is 940 g/mol. The summed E-state index contributed by atoms with van der Waals surface area (Å²) in [5.74, 6) is -0.787. The first kappa shape index (κ1) is 39.4. The number of Topliss-reactive ketones (excluding diaryl/α,β-unsaturated/α-hetero) is 2. The maximum atomic E-state index is 15.8. The highest BCUT2D eigenvalue weighted by Gasteiger charge is 2.49. The highest BCUT2D eigenvalue weighted by Crippen LogP contribution is 2.62. The van der Waals surface area contributed by atoms with E-state index in [1.807, 2.05) is 0 Å². The number of fused-ring (bicyclic) bond motifs is 9. The molecule has 0 atom stereocenters. The molecule has 2 heterocycles. The van der Waals surface area contributed by atoms with Crippen molar-refractivity contribution >= 4 is 60.4 Å². The van der Waals surface area contributed by atoms with Gasteiger partial charge in [-0.3, -0.25) is 9.59 Å². The lowest BCUT2D eigenvalue weighted by Crippen LogP contribution is -2.34. The van der Waals surface area contributed by atoms with Gasteiger partial charge in [-0.15, -0.1) is 0 Å². The molecule has 7 aliphatic carbocycles. The van der Waals surface area contributed by atoms with Crippen molar-refractivity contribution in [2.45, 2.75) is 29.1 Å². The molecule has 2 aromatic heterocycles. The Kier molecular flexibility index (Phi) is 7.28. The Balaban J connectivity index is 1.07. The summed E-state index contributed by atoms with van der Waals surface area (Å²) in [7, 11) is 0. The molecule has 3 nitrogen and oxygen atoms in total. The fraction of sp³-hybridized carbons (Fsp3) is 0.0704. The lowest BCUT2D eigenvalue weighted by molar-refractivity contribution is 0.0966. The number of carbonyl (C=O) groups excluding carboxylic acids is 2. The molecule has 0 aliphatic heterocycles. The van der Waals surface area contributed by atoms with Gasteiger partial charge in [0.2, 0.25) is 0 Å². The second kappa shape index (κ2) is 13.7. The normalized spacial score (nSPS) is 19.0. The predicted molar refractivity (Wildman–Crippen MR) is 296 cm³/mol. The van der Waals surface area contributed by atoms with Gasteiger partial charge in [0.15, 0.2) is 11.6 Å². The first-order valence-electron chi connectivity index (χ1n) is 26.0. The van der Waals surface area contributed by atoms with E-state index in [2.05, 4.69) is 229 Å². The van der Waals surface area contributed by atoms with Crippen LogP contribution in [0.3, 0.4) is 0 Å². The molecule has 0 spiro atoms. The molecule has 0 N–H and O–H groups in total. The fourth-order valence-electron chi connectivity index (χ4n) is 15.8.